The molecular formula is C28H37N5O5. The van der Waals surface area contributed by atoms with Crippen molar-refractivity contribution in [3.8, 4) is 0 Å². The molecular weight excluding hydrogens is 486 g/mol. The summed E-state index contributed by atoms with van der Waals surface area (Å²) in [6.45, 7) is 8.14. The molecule has 0 saturated heterocycles. The molecule has 0 fully saturated rings. The van der Waals surface area contributed by atoms with Crippen LogP contribution in [0.1, 0.15) is 64.6 Å². The molecule has 4 amide bonds. The molecule has 0 aliphatic carbocycles. The van der Waals surface area contributed by atoms with Crippen LogP contribution in [0.5, 0.6) is 0 Å². The second-order valence-corrected chi connectivity index (χ2v) is 9.71. The Balaban J connectivity index is 2.30. The average Bonchev–Trinajstić information content (AvgIpc) is 2.86. The van der Waals surface area contributed by atoms with Gasteiger partial charge in [-0.1, -0.05) is 74.0 Å². The van der Waals surface area contributed by atoms with Gasteiger partial charge in [0.05, 0.1) is 18.6 Å². The highest BCUT2D eigenvalue weighted by Crippen LogP contribution is 2.21. The Morgan fingerprint density at radius 3 is 1.92 bits per heavy atom. The van der Waals surface area contributed by atoms with E-state index in [0.717, 1.165) is 11.1 Å². The summed E-state index contributed by atoms with van der Waals surface area (Å²) < 4.78 is 5.33. The van der Waals surface area contributed by atoms with Crippen molar-refractivity contribution in [2.45, 2.75) is 65.1 Å². The number of urea groups is 1. The highest BCUT2D eigenvalue weighted by Gasteiger charge is 2.27. The summed E-state index contributed by atoms with van der Waals surface area (Å²) >= 11 is 0. The van der Waals surface area contributed by atoms with Crippen LogP contribution < -0.4 is 21.4 Å². The van der Waals surface area contributed by atoms with Crippen LogP contribution in [-0.4, -0.2) is 47.7 Å². The molecule has 4 N–H and O–H groups in total. The molecule has 0 aromatic heterocycles. The van der Waals surface area contributed by atoms with Crippen LogP contribution in [-0.2, 0) is 14.3 Å². The van der Waals surface area contributed by atoms with Crippen LogP contribution in [0.15, 0.2) is 65.8 Å². The quantitative estimate of drug-likeness (QED) is 0.262. The van der Waals surface area contributed by atoms with Crippen LogP contribution in [0, 0.1) is 0 Å². The van der Waals surface area contributed by atoms with Gasteiger partial charge in [-0.15, -0.1) is 0 Å². The lowest BCUT2D eigenvalue weighted by Gasteiger charge is -2.24. The normalized spacial score (nSPS) is 12.3. The zero-order chi connectivity index (χ0) is 28.1. The summed E-state index contributed by atoms with van der Waals surface area (Å²) in [6, 6.07) is 16.8. The summed E-state index contributed by atoms with van der Waals surface area (Å²) in [5.41, 5.74) is 3.18. The van der Waals surface area contributed by atoms with Gasteiger partial charge in [0.2, 0.25) is 0 Å². The average molecular weight is 524 g/mol. The molecule has 0 heterocycles. The van der Waals surface area contributed by atoms with Gasteiger partial charge < -0.3 is 20.7 Å². The summed E-state index contributed by atoms with van der Waals surface area (Å²) in [5.74, 6) is -0.957. The van der Waals surface area contributed by atoms with E-state index in [1.54, 1.807) is 20.8 Å². The lowest BCUT2D eigenvalue weighted by molar-refractivity contribution is -0.120. The summed E-state index contributed by atoms with van der Waals surface area (Å²) in [4.78, 5) is 49.8. The van der Waals surface area contributed by atoms with E-state index in [1.807, 2.05) is 67.6 Å². The Labute approximate surface area is 223 Å². The number of benzene rings is 2. The molecule has 0 bridgehead atoms. The molecule has 0 spiro atoms. The maximum absolute atomic E-state index is 13.0. The maximum Gasteiger partial charge on any atom is 0.408 e. The summed E-state index contributed by atoms with van der Waals surface area (Å²) in [5, 5.41) is 12.1. The van der Waals surface area contributed by atoms with Gasteiger partial charge in [-0.05, 0) is 45.2 Å². The van der Waals surface area contributed by atoms with E-state index in [1.165, 1.54) is 6.92 Å². The minimum atomic E-state index is -0.874. The lowest BCUT2D eigenvalue weighted by atomic mass is 9.99. The molecule has 0 aliphatic heterocycles. The number of amides is 4. The van der Waals surface area contributed by atoms with Gasteiger partial charge in [0.25, 0.3) is 5.91 Å². The van der Waals surface area contributed by atoms with E-state index in [0.29, 0.717) is 12.8 Å². The molecule has 0 aliphatic rings. The van der Waals surface area contributed by atoms with Gasteiger partial charge in [0, 0.05) is 0 Å². The molecule has 0 radical (unpaired) electrons. The third kappa shape index (κ3) is 10.4. The van der Waals surface area contributed by atoms with Crippen LogP contribution in [0.3, 0.4) is 0 Å². The molecule has 10 nitrogen and oxygen atoms in total. The third-order valence-corrected chi connectivity index (χ3v) is 5.15. The van der Waals surface area contributed by atoms with E-state index in [4.69, 9.17) is 4.74 Å². The first-order valence-corrected chi connectivity index (χ1v) is 12.5. The fourth-order valence-corrected chi connectivity index (χ4v) is 3.52. The Bertz CT molecular complexity index is 1070. The molecule has 2 aromatic carbocycles. The van der Waals surface area contributed by atoms with Crippen LogP contribution >= 0.6 is 0 Å². The number of carbonyl (C=O) groups is 4. The zero-order valence-corrected chi connectivity index (χ0v) is 22.5. The van der Waals surface area contributed by atoms with Crippen molar-refractivity contribution in [3.05, 3.63) is 71.8 Å². The highest BCUT2D eigenvalue weighted by molar-refractivity contribution is 6.41. The minimum Gasteiger partial charge on any atom is -0.444 e. The van der Waals surface area contributed by atoms with Gasteiger partial charge in [-0.2, -0.15) is 5.10 Å². The second kappa shape index (κ2) is 14.5. The monoisotopic (exact) mass is 523 g/mol. The van der Waals surface area contributed by atoms with Crippen molar-refractivity contribution in [3.63, 3.8) is 0 Å². The van der Waals surface area contributed by atoms with Crippen molar-refractivity contribution in [2.75, 3.05) is 6.54 Å². The Hall–Kier alpha value is -4.21. The van der Waals surface area contributed by atoms with Gasteiger partial charge in [-0.25, -0.2) is 15.0 Å². The van der Waals surface area contributed by atoms with Gasteiger partial charge >= 0.3 is 12.1 Å². The first-order chi connectivity index (χ1) is 18.0. The zero-order valence-electron chi connectivity index (χ0n) is 22.5. The fraction of sp³-hybridized carbons (Fsp3) is 0.393. The predicted molar refractivity (Wildman–Crippen MR) is 146 cm³/mol. The number of ketones is 1. The van der Waals surface area contributed by atoms with E-state index in [9.17, 15) is 19.2 Å². The molecule has 10 heteroatoms. The number of Topliss-reactive ketones (excluding diaryl/α,β-unsaturated/α-hetero) is 1. The fourth-order valence-electron chi connectivity index (χ4n) is 3.52. The van der Waals surface area contributed by atoms with Crippen LogP contribution in [0.4, 0.5) is 9.59 Å². The molecule has 0 saturated carbocycles. The Morgan fingerprint density at radius 1 is 0.895 bits per heavy atom. The maximum atomic E-state index is 13.0. The Kier molecular flexibility index (Phi) is 11.5. The number of rotatable bonds is 11. The van der Waals surface area contributed by atoms with Crippen molar-refractivity contribution >= 4 is 29.5 Å². The standard InChI is InChI=1S/C28H37N5O5/c1-6-13-22(30-27(37)38-28(3,4)5)24(25(35)29-18-19(2)34)32-33-26(36)31-23(20-14-9-7-10-15-20)21-16-11-8-12-17-21/h7-12,14-17,22-23H,6,13,18H2,1-5H3,(H,29,35)(H,30,37)(H2,31,33,36). The molecule has 2 rings (SSSR count). The molecule has 1 atom stereocenters. The second-order valence-electron chi connectivity index (χ2n) is 9.71. The van der Waals surface area contributed by atoms with Gasteiger partial charge in [0.1, 0.15) is 17.1 Å². The number of carbonyl (C=O) groups excluding carboxylic acids is 4. The van der Waals surface area contributed by atoms with Crippen LogP contribution in [0.2, 0.25) is 0 Å². The predicted octanol–water partition coefficient (Wildman–Crippen LogP) is 3.83. The SMILES string of the molecule is CCCC(NC(=O)OC(C)(C)C)C(=NNC(=O)NC(c1ccccc1)c1ccccc1)C(=O)NCC(C)=O. The van der Waals surface area contributed by atoms with Crippen molar-refractivity contribution in [2.24, 2.45) is 5.10 Å². The van der Waals surface area contributed by atoms with Crippen LogP contribution in [0.25, 0.3) is 0 Å². The minimum absolute atomic E-state index is 0.162. The van der Waals surface area contributed by atoms with Crippen molar-refractivity contribution in [1.82, 2.24) is 21.4 Å². The van der Waals surface area contributed by atoms with E-state index < -0.39 is 35.7 Å². The number of hydrogen-bond acceptors (Lipinski definition) is 6. The molecule has 1 unspecified atom stereocenters. The smallest absolute Gasteiger partial charge is 0.408 e. The van der Waals surface area contributed by atoms with E-state index in [2.05, 4.69) is 26.5 Å². The van der Waals surface area contributed by atoms with E-state index >= 15 is 0 Å². The Morgan fingerprint density at radius 2 is 1.45 bits per heavy atom. The van der Waals surface area contributed by atoms with Crippen molar-refractivity contribution in [1.29, 1.82) is 0 Å². The van der Waals surface area contributed by atoms with E-state index in [-0.39, 0.29) is 18.0 Å². The van der Waals surface area contributed by atoms with Crippen molar-refractivity contribution < 1.29 is 23.9 Å². The third-order valence-electron chi connectivity index (χ3n) is 5.15. The summed E-state index contributed by atoms with van der Waals surface area (Å²) in [6.07, 6.45) is 0.196. The first-order valence-electron chi connectivity index (χ1n) is 12.5. The van der Waals surface area contributed by atoms with Gasteiger partial charge in [0.15, 0.2) is 0 Å². The lowest BCUT2D eigenvalue weighted by Crippen LogP contribution is -2.50. The number of hydrogen-bond donors (Lipinski definition) is 4. The number of alkyl carbamates (subject to hydrolysis) is 1. The molecule has 38 heavy (non-hydrogen) atoms. The van der Waals surface area contributed by atoms with Gasteiger partial charge in [-0.3, -0.25) is 9.59 Å². The largest absolute Gasteiger partial charge is 0.444 e. The molecule has 204 valence electrons. The highest BCUT2D eigenvalue weighted by atomic mass is 16.6. The number of ether oxygens (including phenoxy) is 1. The first kappa shape index (κ1) is 30.0. The number of hydrazone groups is 1. The molecule has 2 aromatic rings. The number of nitrogens with zero attached hydrogens (tertiary/aromatic N) is 1. The number of nitrogens with one attached hydrogen (secondary N) is 4. The topological polar surface area (TPSA) is 138 Å². The summed E-state index contributed by atoms with van der Waals surface area (Å²) in [7, 11) is 0.